The van der Waals surface area contributed by atoms with Crippen molar-refractivity contribution in [3.63, 3.8) is 0 Å². The number of ether oxygens (including phenoxy) is 5. The second-order valence-corrected chi connectivity index (χ2v) is 9.30. The summed E-state index contributed by atoms with van der Waals surface area (Å²) in [4.78, 5) is 51.7. The van der Waals surface area contributed by atoms with Gasteiger partial charge < -0.3 is 23.7 Å². The van der Waals surface area contributed by atoms with Gasteiger partial charge in [0.05, 0.1) is 22.3 Å². The molecule has 9 heteroatoms. The lowest BCUT2D eigenvalue weighted by Gasteiger charge is -2.34. The molecule has 0 radical (unpaired) electrons. The van der Waals surface area contributed by atoms with Gasteiger partial charge in [0.15, 0.2) is 11.9 Å². The van der Waals surface area contributed by atoms with Crippen molar-refractivity contribution < 1.29 is 42.9 Å². The maximum Gasteiger partial charge on any atom is 0.343 e. The van der Waals surface area contributed by atoms with Crippen LogP contribution >= 0.6 is 0 Å². The summed E-state index contributed by atoms with van der Waals surface area (Å²) in [7, 11) is 0. The van der Waals surface area contributed by atoms with Gasteiger partial charge in [0.25, 0.3) is 6.29 Å². The SMILES string of the molecule is O=C(OC[C@@H]1O[C@@H](OC(=O)c2ccccc2)C(OC(=O)c2ccccc2)=C[C@H]1OC(=O)c1ccccc1)c1ccccc1. The van der Waals surface area contributed by atoms with Gasteiger partial charge in [-0.15, -0.1) is 0 Å². The summed E-state index contributed by atoms with van der Waals surface area (Å²) in [6.45, 7) is -0.379. The van der Waals surface area contributed by atoms with Crippen LogP contribution in [0.3, 0.4) is 0 Å². The highest BCUT2D eigenvalue weighted by Crippen LogP contribution is 2.27. The maximum atomic E-state index is 13.0. The van der Waals surface area contributed by atoms with Crippen molar-refractivity contribution in [2.75, 3.05) is 6.61 Å². The van der Waals surface area contributed by atoms with Crippen LogP contribution < -0.4 is 0 Å². The summed E-state index contributed by atoms with van der Waals surface area (Å²) >= 11 is 0. The Labute approximate surface area is 247 Å². The zero-order valence-electron chi connectivity index (χ0n) is 22.7. The first-order valence-electron chi connectivity index (χ1n) is 13.4. The second kappa shape index (κ2) is 13.9. The first-order chi connectivity index (χ1) is 21.0. The lowest BCUT2D eigenvalue weighted by atomic mass is 10.1. The van der Waals surface area contributed by atoms with Crippen LogP contribution in [0.1, 0.15) is 41.4 Å². The largest absolute Gasteiger partial charge is 0.459 e. The molecule has 0 amide bonds. The van der Waals surface area contributed by atoms with Crippen molar-refractivity contribution in [3.05, 3.63) is 155 Å². The highest BCUT2D eigenvalue weighted by atomic mass is 16.7. The van der Waals surface area contributed by atoms with Gasteiger partial charge in [-0.2, -0.15) is 0 Å². The van der Waals surface area contributed by atoms with E-state index >= 15 is 0 Å². The van der Waals surface area contributed by atoms with E-state index in [4.69, 9.17) is 23.7 Å². The van der Waals surface area contributed by atoms with Crippen molar-refractivity contribution in [1.82, 2.24) is 0 Å². The summed E-state index contributed by atoms with van der Waals surface area (Å²) in [5.74, 6) is -3.06. The van der Waals surface area contributed by atoms with Crippen LogP contribution in [-0.2, 0) is 23.7 Å². The molecule has 4 aromatic rings. The fourth-order valence-electron chi connectivity index (χ4n) is 4.12. The highest BCUT2D eigenvalue weighted by Gasteiger charge is 2.40. The minimum absolute atomic E-state index is 0.213. The number of esters is 4. The minimum atomic E-state index is -1.53. The molecule has 5 rings (SSSR count). The molecule has 0 aromatic heterocycles. The summed E-state index contributed by atoms with van der Waals surface area (Å²) in [5.41, 5.74) is 1.02. The number of carbonyl (C=O) groups excluding carboxylic acids is 4. The van der Waals surface area contributed by atoms with Crippen molar-refractivity contribution in [2.45, 2.75) is 18.5 Å². The molecule has 1 aliphatic heterocycles. The van der Waals surface area contributed by atoms with Crippen LogP contribution in [0.4, 0.5) is 0 Å². The smallest absolute Gasteiger partial charge is 0.343 e. The predicted molar refractivity (Wildman–Crippen MR) is 153 cm³/mol. The third kappa shape index (κ3) is 7.60. The molecule has 0 unspecified atom stereocenters. The quantitative estimate of drug-likeness (QED) is 0.190. The van der Waals surface area contributed by atoms with Crippen LogP contribution in [0, 0.1) is 0 Å². The number of benzene rings is 4. The molecule has 0 N–H and O–H groups in total. The average molecular weight is 579 g/mol. The molecule has 4 aromatic carbocycles. The minimum Gasteiger partial charge on any atom is -0.459 e. The van der Waals surface area contributed by atoms with E-state index in [0.717, 1.165) is 0 Å². The number of hydrogen-bond donors (Lipinski definition) is 0. The Hall–Kier alpha value is -5.54. The van der Waals surface area contributed by atoms with E-state index in [2.05, 4.69) is 0 Å². The van der Waals surface area contributed by atoms with Crippen LogP contribution in [-0.4, -0.2) is 49.0 Å². The zero-order chi connectivity index (χ0) is 30.0. The van der Waals surface area contributed by atoms with Crippen molar-refractivity contribution in [1.29, 1.82) is 0 Å². The fourth-order valence-corrected chi connectivity index (χ4v) is 4.12. The van der Waals surface area contributed by atoms with E-state index < -0.39 is 42.4 Å². The van der Waals surface area contributed by atoms with Crippen LogP contribution in [0.15, 0.2) is 133 Å². The van der Waals surface area contributed by atoms with Crippen molar-refractivity contribution in [2.24, 2.45) is 0 Å². The van der Waals surface area contributed by atoms with Gasteiger partial charge in [-0.3, -0.25) is 0 Å². The van der Waals surface area contributed by atoms with Gasteiger partial charge in [-0.25, -0.2) is 19.2 Å². The van der Waals surface area contributed by atoms with Crippen LogP contribution in [0.5, 0.6) is 0 Å². The van der Waals surface area contributed by atoms with Gasteiger partial charge in [0, 0.05) is 6.08 Å². The first kappa shape index (κ1) is 29.0. The molecular formula is C34H26O9. The molecule has 0 fully saturated rings. The van der Waals surface area contributed by atoms with Gasteiger partial charge in [0.2, 0.25) is 0 Å². The summed E-state index contributed by atoms with van der Waals surface area (Å²) < 4.78 is 28.4. The van der Waals surface area contributed by atoms with Crippen molar-refractivity contribution >= 4 is 23.9 Å². The normalized spacial score (nSPS) is 17.6. The van der Waals surface area contributed by atoms with E-state index in [9.17, 15) is 19.2 Å². The first-order valence-corrected chi connectivity index (χ1v) is 13.4. The number of carbonyl (C=O) groups is 4. The summed E-state index contributed by atoms with van der Waals surface area (Å²) in [5, 5.41) is 0. The van der Waals surface area contributed by atoms with Gasteiger partial charge in [-0.1, -0.05) is 72.8 Å². The Morgan fingerprint density at radius 1 is 0.535 bits per heavy atom. The van der Waals surface area contributed by atoms with E-state index in [1.54, 1.807) is 121 Å². The van der Waals surface area contributed by atoms with Crippen LogP contribution in [0.2, 0.25) is 0 Å². The summed E-state index contributed by atoms with van der Waals surface area (Å²) in [6, 6.07) is 32.9. The Kier molecular flexibility index (Phi) is 9.35. The molecule has 9 nitrogen and oxygen atoms in total. The van der Waals surface area contributed by atoms with E-state index in [0.29, 0.717) is 5.56 Å². The predicted octanol–water partition coefficient (Wildman–Crippen LogP) is 5.39. The summed E-state index contributed by atoms with van der Waals surface area (Å²) in [6.07, 6.45) is -2.54. The molecular weight excluding hydrogens is 552 g/mol. The molecule has 216 valence electrons. The van der Waals surface area contributed by atoms with Gasteiger partial charge >= 0.3 is 23.9 Å². The van der Waals surface area contributed by atoms with Gasteiger partial charge in [-0.05, 0) is 48.5 Å². The zero-order valence-corrected chi connectivity index (χ0v) is 22.7. The number of hydrogen-bond acceptors (Lipinski definition) is 9. The average Bonchev–Trinajstić information content (AvgIpc) is 3.06. The lowest BCUT2D eigenvalue weighted by molar-refractivity contribution is -0.179. The third-order valence-corrected chi connectivity index (χ3v) is 6.31. The highest BCUT2D eigenvalue weighted by molar-refractivity contribution is 5.91. The molecule has 0 bridgehead atoms. The Morgan fingerprint density at radius 2 is 0.953 bits per heavy atom. The fraction of sp³-hybridized carbons (Fsp3) is 0.118. The monoisotopic (exact) mass is 578 g/mol. The van der Waals surface area contributed by atoms with Crippen molar-refractivity contribution in [3.8, 4) is 0 Å². The molecule has 1 aliphatic rings. The molecule has 0 spiro atoms. The maximum absolute atomic E-state index is 13.0. The third-order valence-electron chi connectivity index (χ3n) is 6.31. The Bertz CT molecular complexity index is 1590. The Balaban J connectivity index is 1.44. The standard InChI is InChI=1S/C34H26O9/c35-30(23-13-5-1-6-14-23)39-22-29-27(40-31(36)24-15-7-2-8-16-24)21-28(41-32(37)25-17-9-3-10-18-25)34(42-29)43-33(38)26-19-11-4-12-20-26/h1-21,27,29,34H,22H2/t27-,29+,34+/m1/s1. The number of rotatable bonds is 9. The molecule has 43 heavy (non-hydrogen) atoms. The molecule has 3 atom stereocenters. The van der Waals surface area contributed by atoms with Crippen LogP contribution in [0.25, 0.3) is 0 Å². The van der Waals surface area contributed by atoms with E-state index in [1.807, 2.05) is 0 Å². The molecule has 1 heterocycles. The molecule has 0 aliphatic carbocycles. The molecule has 0 saturated heterocycles. The molecule has 0 saturated carbocycles. The second-order valence-electron chi connectivity index (χ2n) is 9.30. The van der Waals surface area contributed by atoms with Gasteiger partial charge in [0.1, 0.15) is 12.7 Å². The Morgan fingerprint density at radius 3 is 1.44 bits per heavy atom. The lowest BCUT2D eigenvalue weighted by Crippen LogP contribution is -2.45. The van der Waals surface area contributed by atoms with E-state index in [1.165, 1.54) is 6.08 Å². The topological polar surface area (TPSA) is 114 Å². The van der Waals surface area contributed by atoms with E-state index in [-0.39, 0.29) is 29.1 Å².